The van der Waals surface area contributed by atoms with Gasteiger partial charge in [-0.15, -0.1) is 0 Å². The summed E-state index contributed by atoms with van der Waals surface area (Å²) < 4.78 is 15.2. The molecule has 152 valence electrons. The van der Waals surface area contributed by atoms with Crippen LogP contribution in [0.2, 0.25) is 0 Å². The summed E-state index contributed by atoms with van der Waals surface area (Å²) in [7, 11) is 0. The predicted octanol–water partition coefficient (Wildman–Crippen LogP) is 4.18. The van der Waals surface area contributed by atoms with Crippen LogP contribution in [0.4, 0.5) is 9.18 Å². The Balaban J connectivity index is 1.34. The molecule has 1 saturated carbocycles. The molecule has 2 aromatic rings. The maximum Gasteiger partial charge on any atom is 0.318 e. The van der Waals surface area contributed by atoms with Crippen LogP contribution in [0.15, 0.2) is 36.5 Å². The zero-order valence-electron chi connectivity index (χ0n) is 17.2. The van der Waals surface area contributed by atoms with Crippen LogP contribution in [-0.2, 0) is 17.5 Å². The molecule has 2 amide bonds. The smallest absolute Gasteiger partial charge is 0.318 e. The number of hydrogen-bond acceptors (Lipinski definition) is 3. The van der Waals surface area contributed by atoms with Gasteiger partial charge in [0.15, 0.2) is 5.67 Å². The number of aromatic nitrogens is 2. The number of amides is 2. The number of rotatable bonds is 2. The number of nitrogens with one attached hydrogen (secondary N) is 1. The average molecular weight is 394 g/mol. The molecule has 1 N–H and O–H groups in total. The molecule has 0 radical (unpaired) electrons. The first kappa shape index (κ1) is 18.5. The number of fused-ring (bicyclic) bond motifs is 4. The van der Waals surface area contributed by atoms with Gasteiger partial charge in [0.2, 0.25) is 0 Å². The Kier molecular flexibility index (Phi) is 3.99. The van der Waals surface area contributed by atoms with Crippen molar-refractivity contribution in [2.75, 3.05) is 0 Å². The third-order valence-corrected chi connectivity index (χ3v) is 6.54. The molecule has 1 saturated heterocycles. The third kappa shape index (κ3) is 3.00. The van der Waals surface area contributed by atoms with Crippen LogP contribution in [0, 0.1) is 0 Å². The van der Waals surface area contributed by atoms with E-state index in [4.69, 9.17) is 4.98 Å². The van der Waals surface area contributed by atoms with Gasteiger partial charge in [0, 0.05) is 36.1 Å². The van der Waals surface area contributed by atoms with Crippen molar-refractivity contribution in [1.82, 2.24) is 20.2 Å². The minimum absolute atomic E-state index is 0.0118. The molecule has 1 aliphatic carbocycles. The van der Waals surface area contributed by atoms with Crippen molar-refractivity contribution in [3.05, 3.63) is 59.2 Å². The minimum Gasteiger partial charge on any atom is -0.332 e. The highest BCUT2D eigenvalue weighted by atomic mass is 19.1. The van der Waals surface area contributed by atoms with Crippen LogP contribution < -0.4 is 5.32 Å². The van der Waals surface area contributed by atoms with Crippen LogP contribution >= 0.6 is 0 Å². The van der Waals surface area contributed by atoms with Gasteiger partial charge in [-0.3, -0.25) is 0 Å². The lowest BCUT2D eigenvalue weighted by Gasteiger charge is -2.36. The molecule has 2 aliphatic heterocycles. The van der Waals surface area contributed by atoms with Gasteiger partial charge in [0.05, 0.1) is 17.8 Å². The van der Waals surface area contributed by atoms with Crippen LogP contribution in [-0.4, -0.2) is 33.0 Å². The van der Waals surface area contributed by atoms with Gasteiger partial charge < -0.3 is 10.2 Å². The highest BCUT2D eigenvalue weighted by Gasteiger charge is 2.58. The molecule has 2 bridgehead atoms. The first-order valence-electron chi connectivity index (χ1n) is 10.5. The summed E-state index contributed by atoms with van der Waals surface area (Å²) in [6, 6.07) is 8.61. The molecule has 1 aromatic carbocycles. The molecule has 5 nitrogen and oxygen atoms in total. The first-order chi connectivity index (χ1) is 13.8. The Bertz CT molecular complexity index is 957. The molecular formula is C23H27FN4O. The number of benzene rings is 1. The summed E-state index contributed by atoms with van der Waals surface area (Å²) in [5.74, 6) is 0.844. The molecular weight excluding hydrogens is 367 g/mol. The zero-order chi connectivity index (χ0) is 20.4. The fraction of sp³-hybridized carbons (Fsp3) is 0.522. The van der Waals surface area contributed by atoms with Gasteiger partial charge in [0.25, 0.3) is 0 Å². The zero-order valence-corrected chi connectivity index (χ0v) is 17.2. The van der Waals surface area contributed by atoms with E-state index in [0.29, 0.717) is 12.0 Å². The second-order valence-electron chi connectivity index (χ2n) is 9.64. The van der Waals surface area contributed by atoms with Gasteiger partial charge in [-0.25, -0.2) is 19.2 Å². The summed E-state index contributed by atoms with van der Waals surface area (Å²) in [6.07, 6.45) is 4.84. The number of alkyl halides is 1. The molecule has 4 unspecified atom stereocenters. The van der Waals surface area contributed by atoms with Crippen molar-refractivity contribution < 1.29 is 9.18 Å². The Morgan fingerprint density at radius 3 is 2.72 bits per heavy atom. The number of hydrogen-bond donors (Lipinski definition) is 1. The Hall–Kier alpha value is -2.50. The summed E-state index contributed by atoms with van der Waals surface area (Å²) in [4.78, 5) is 24.4. The fourth-order valence-corrected chi connectivity index (χ4v) is 4.81. The third-order valence-electron chi connectivity index (χ3n) is 6.54. The summed E-state index contributed by atoms with van der Waals surface area (Å²) in [5, 5.41) is 2.95. The number of carbonyl (C=O) groups is 1. The number of carbonyl (C=O) groups excluding carboxylic acids is 1. The number of nitrogens with zero attached hydrogens (tertiary/aromatic N) is 3. The molecule has 4 atom stereocenters. The average Bonchev–Trinajstić information content (AvgIpc) is 3.23. The van der Waals surface area contributed by atoms with E-state index in [1.165, 1.54) is 0 Å². The Morgan fingerprint density at radius 2 is 2.00 bits per heavy atom. The standard InChI is InChI=1S/C23H27FN4O/c1-22(2,3)20-25-13-16-17(26-20)11-15-9-10-18(16)28(15)21(29)27-19-12-23(19,24)14-7-5-4-6-8-14/h4-8,13,15,18-19H,9-12H2,1-3H3,(H,27,29). The molecule has 3 aliphatic rings. The quantitative estimate of drug-likeness (QED) is 0.831. The summed E-state index contributed by atoms with van der Waals surface area (Å²) in [6.45, 7) is 6.33. The van der Waals surface area contributed by atoms with Crippen LogP contribution in [0.3, 0.4) is 0 Å². The summed E-state index contributed by atoms with van der Waals surface area (Å²) >= 11 is 0. The van der Waals surface area contributed by atoms with E-state index in [-0.39, 0.29) is 23.5 Å². The van der Waals surface area contributed by atoms with E-state index < -0.39 is 11.7 Å². The summed E-state index contributed by atoms with van der Waals surface area (Å²) in [5.41, 5.74) is 1.20. The van der Waals surface area contributed by atoms with Crippen molar-refractivity contribution in [1.29, 1.82) is 0 Å². The van der Waals surface area contributed by atoms with Gasteiger partial charge in [-0.2, -0.15) is 0 Å². The van der Waals surface area contributed by atoms with E-state index in [1.54, 1.807) is 12.1 Å². The van der Waals surface area contributed by atoms with Crippen molar-refractivity contribution in [3.8, 4) is 0 Å². The maximum atomic E-state index is 15.2. The van der Waals surface area contributed by atoms with E-state index >= 15 is 4.39 Å². The van der Waals surface area contributed by atoms with Crippen LogP contribution in [0.25, 0.3) is 0 Å². The lowest BCUT2D eigenvalue weighted by atomic mass is 9.93. The van der Waals surface area contributed by atoms with E-state index in [0.717, 1.165) is 36.3 Å². The Morgan fingerprint density at radius 1 is 1.24 bits per heavy atom. The van der Waals surface area contributed by atoms with Crippen molar-refractivity contribution in [2.45, 2.75) is 75.7 Å². The molecule has 29 heavy (non-hydrogen) atoms. The van der Waals surface area contributed by atoms with Crippen molar-refractivity contribution >= 4 is 6.03 Å². The monoisotopic (exact) mass is 394 g/mol. The van der Waals surface area contributed by atoms with E-state index in [2.05, 4.69) is 31.1 Å². The number of urea groups is 1. The van der Waals surface area contributed by atoms with Gasteiger partial charge in [0.1, 0.15) is 5.82 Å². The fourth-order valence-electron chi connectivity index (χ4n) is 4.81. The highest BCUT2D eigenvalue weighted by molar-refractivity contribution is 5.77. The van der Waals surface area contributed by atoms with Crippen LogP contribution in [0.1, 0.15) is 68.7 Å². The molecule has 5 rings (SSSR count). The number of halogens is 1. The Labute approximate surface area is 170 Å². The minimum atomic E-state index is -1.45. The second kappa shape index (κ2) is 6.25. The van der Waals surface area contributed by atoms with E-state index in [9.17, 15) is 4.79 Å². The molecule has 1 aromatic heterocycles. The molecule has 6 heteroatoms. The van der Waals surface area contributed by atoms with Gasteiger partial charge in [-0.05, 0) is 18.4 Å². The molecule has 2 fully saturated rings. The highest BCUT2D eigenvalue weighted by Crippen LogP contribution is 2.50. The lowest BCUT2D eigenvalue weighted by molar-refractivity contribution is 0.161. The second-order valence-corrected chi connectivity index (χ2v) is 9.64. The lowest BCUT2D eigenvalue weighted by Crippen LogP contribution is -2.48. The molecule has 3 heterocycles. The topological polar surface area (TPSA) is 58.1 Å². The van der Waals surface area contributed by atoms with Gasteiger partial charge in [-0.1, -0.05) is 51.1 Å². The van der Waals surface area contributed by atoms with Crippen molar-refractivity contribution in [2.24, 2.45) is 0 Å². The molecule has 0 spiro atoms. The normalized spacial score (nSPS) is 30.1. The first-order valence-corrected chi connectivity index (χ1v) is 10.5. The van der Waals surface area contributed by atoms with E-state index in [1.807, 2.05) is 29.3 Å². The largest absolute Gasteiger partial charge is 0.332 e. The SMILES string of the molecule is CC(C)(C)c1ncc2c(n1)CC1CCC2N1C(=O)NC1CC1(F)c1ccccc1. The maximum absolute atomic E-state index is 15.2. The predicted molar refractivity (Wildman–Crippen MR) is 108 cm³/mol. The van der Waals surface area contributed by atoms with Gasteiger partial charge >= 0.3 is 6.03 Å². The van der Waals surface area contributed by atoms with Crippen molar-refractivity contribution in [3.63, 3.8) is 0 Å². The van der Waals surface area contributed by atoms with Crippen LogP contribution in [0.5, 0.6) is 0 Å².